The summed E-state index contributed by atoms with van der Waals surface area (Å²) in [4.78, 5) is 14.4. The van der Waals surface area contributed by atoms with Gasteiger partial charge in [-0.25, -0.2) is 0 Å². The summed E-state index contributed by atoms with van der Waals surface area (Å²) in [6.45, 7) is 4.54. The molecule has 2 bridgehead atoms. The molecule has 2 saturated heterocycles. The number of nitrogens with zero attached hydrogens (tertiary/aromatic N) is 1. The van der Waals surface area contributed by atoms with Gasteiger partial charge in [0.2, 0.25) is 0 Å². The maximum Gasteiger partial charge on any atom is 0.306 e. The van der Waals surface area contributed by atoms with Crippen molar-refractivity contribution in [1.82, 2.24) is 4.90 Å². The first-order valence-electron chi connectivity index (χ1n) is 13.9. The number of halogens is 1. The highest BCUT2D eigenvalue weighted by molar-refractivity contribution is 6.37. The Labute approximate surface area is 215 Å². The van der Waals surface area contributed by atoms with Crippen molar-refractivity contribution >= 4 is 28.3 Å². The molecule has 2 aliphatic heterocycles. The zero-order valence-electron chi connectivity index (χ0n) is 21.2. The van der Waals surface area contributed by atoms with Crippen LogP contribution >= 0.6 is 11.6 Å². The van der Waals surface area contributed by atoms with Crippen molar-refractivity contribution in [2.75, 3.05) is 0 Å². The summed E-state index contributed by atoms with van der Waals surface area (Å²) < 4.78 is 6.37. The minimum Gasteiger partial charge on any atom is -0.489 e. The van der Waals surface area contributed by atoms with Gasteiger partial charge in [-0.2, -0.15) is 0 Å². The van der Waals surface area contributed by atoms with Gasteiger partial charge >= 0.3 is 5.97 Å². The molecule has 2 heterocycles. The van der Waals surface area contributed by atoms with Crippen LogP contribution in [0, 0.1) is 11.8 Å². The molecule has 1 aliphatic carbocycles. The summed E-state index contributed by atoms with van der Waals surface area (Å²) in [5.74, 6) is 0.849. The predicted octanol–water partition coefficient (Wildman–Crippen LogP) is 8.01. The minimum atomic E-state index is -0.619. The maximum absolute atomic E-state index is 11.7. The van der Waals surface area contributed by atoms with Crippen LogP contribution in [0.1, 0.15) is 96.1 Å². The van der Waals surface area contributed by atoms with Gasteiger partial charge in [0.05, 0.1) is 17.0 Å². The summed E-state index contributed by atoms with van der Waals surface area (Å²) in [5.41, 5.74) is 1.31. The van der Waals surface area contributed by atoms with Crippen molar-refractivity contribution in [3.63, 3.8) is 0 Å². The molecule has 1 N–H and O–H groups in total. The van der Waals surface area contributed by atoms with Crippen LogP contribution in [0.2, 0.25) is 5.02 Å². The third-order valence-corrected chi connectivity index (χ3v) is 9.51. The van der Waals surface area contributed by atoms with E-state index in [4.69, 9.17) is 16.3 Å². The van der Waals surface area contributed by atoms with Gasteiger partial charge in [0, 0.05) is 23.5 Å². The molecule has 0 spiro atoms. The van der Waals surface area contributed by atoms with Crippen molar-refractivity contribution in [2.45, 2.75) is 109 Å². The van der Waals surface area contributed by atoms with E-state index in [1.165, 1.54) is 31.2 Å². The Morgan fingerprint density at radius 3 is 2.40 bits per heavy atom. The van der Waals surface area contributed by atoms with Gasteiger partial charge in [-0.05, 0) is 86.8 Å². The largest absolute Gasteiger partial charge is 0.489 e. The topological polar surface area (TPSA) is 49.8 Å². The van der Waals surface area contributed by atoms with Crippen LogP contribution in [0.4, 0.5) is 0 Å². The number of benzene rings is 2. The molecule has 4 nitrogen and oxygen atoms in total. The van der Waals surface area contributed by atoms with E-state index >= 15 is 0 Å². The first-order chi connectivity index (χ1) is 17.0. The SMILES string of the molecule is CCC1CCC(Oc2ccc3cc([C@H](CC)N4C5CCCC4CC(C(=O)O)C5)ccc3c2Cl)CC1. The summed E-state index contributed by atoms with van der Waals surface area (Å²) in [6, 6.07) is 11.9. The smallest absolute Gasteiger partial charge is 0.306 e. The molecule has 2 aromatic carbocycles. The van der Waals surface area contributed by atoms with Crippen LogP contribution in [-0.2, 0) is 4.79 Å². The second-order valence-corrected chi connectivity index (χ2v) is 11.5. The van der Waals surface area contributed by atoms with Crippen LogP contribution in [0.25, 0.3) is 10.8 Å². The number of aliphatic carboxylic acids is 1. The second kappa shape index (κ2) is 10.7. The number of carbonyl (C=O) groups is 1. The standard InChI is InChI=1S/C30H40ClNO3/c1-3-19-8-12-25(13-9-19)35-28-15-11-20-16-21(10-14-26(20)29(28)31)27(4-2)32-23-6-5-7-24(32)18-22(17-23)30(33)34/h10-11,14-16,19,22-25,27H,3-9,12-13,17-18H2,1-2H3,(H,33,34)/t19?,22?,23?,24?,25?,27-/m0/s1. The molecule has 35 heavy (non-hydrogen) atoms. The molecule has 3 atom stereocenters. The van der Waals surface area contributed by atoms with Crippen molar-refractivity contribution in [2.24, 2.45) is 11.8 Å². The van der Waals surface area contributed by atoms with Crippen LogP contribution in [0.5, 0.6) is 5.75 Å². The number of hydrogen-bond acceptors (Lipinski definition) is 3. The normalized spacial score (nSPS) is 30.2. The second-order valence-electron chi connectivity index (χ2n) is 11.1. The molecule has 5 rings (SSSR count). The lowest BCUT2D eigenvalue weighted by atomic mass is 9.76. The van der Waals surface area contributed by atoms with E-state index in [2.05, 4.69) is 43.0 Å². The number of carboxylic acid groups (broad SMARTS) is 1. The summed E-state index contributed by atoms with van der Waals surface area (Å²) >= 11 is 6.86. The molecular weight excluding hydrogens is 458 g/mol. The molecule has 2 aromatic rings. The third kappa shape index (κ3) is 5.06. The van der Waals surface area contributed by atoms with Crippen molar-refractivity contribution in [3.8, 4) is 5.75 Å². The fourth-order valence-electron chi connectivity index (χ4n) is 7.17. The fraction of sp³-hybridized carbons (Fsp3) is 0.633. The highest BCUT2D eigenvalue weighted by atomic mass is 35.5. The van der Waals surface area contributed by atoms with Gasteiger partial charge < -0.3 is 9.84 Å². The fourth-order valence-corrected chi connectivity index (χ4v) is 7.45. The molecular formula is C30H40ClNO3. The Hall–Kier alpha value is -1.78. The Bertz CT molecular complexity index is 1030. The monoisotopic (exact) mass is 497 g/mol. The molecule has 2 unspecified atom stereocenters. The summed E-state index contributed by atoms with van der Waals surface area (Å²) in [7, 11) is 0. The first-order valence-corrected chi connectivity index (χ1v) is 14.2. The zero-order valence-corrected chi connectivity index (χ0v) is 22.0. The third-order valence-electron chi connectivity index (χ3n) is 9.12. The van der Waals surface area contributed by atoms with Crippen LogP contribution in [0.15, 0.2) is 30.3 Å². The molecule has 0 aromatic heterocycles. The van der Waals surface area contributed by atoms with E-state index in [-0.39, 0.29) is 12.0 Å². The molecule has 5 heteroatoms. The van der Waals surface area contributed by atoms with Crippen molar-refractivity contribution in [1.29, 1.82) is 0 Å². The number of ether oxygens (including phenoxy) is 1. The Morgan fingerprint density at radius 1 is 1.06 bits per heavy atom. The molecule has 3 fully saturated rings. The summed E-state index contributed by atoms with van der Waals surface area (Å²) in [5, 5.41) is 12.6. The predicted molar refractivity (Wildman–Crippen MR) is 142 cm³/mol. The molecule has 0 amide bonds. The van der Waals surface area contributed by atoms with Crippen molar-refractivity contribution in [3.05, 3.63) is 40.9 Å². The number of rotatable bonds is 7. The van der Waals surface area contributed by atoms with E-state index in [0.29, 0.717) is 18.1 Å². The van der Waals surface area contributed by atoms with E-state index in [0.717, 1.165) is 72.4 Å². The van der Waals surface area contributed by atoms with E-state index < -0.39 is 5.97 Å². The minimum absolute atomic E-state index is 0.190. The van der Waals surface area contributed by atoms with E-state index in [9.17, 15) is 9.90 Å². The Balaban J connectivity index is 1.36. The number of piperidine rings is 2. The van der Waals surface area contributed by atoms with Crippen LogP contribution < -0.4 is 4.74 Å². The van der Waals surface area contributed by atoms with Gasteiger partial charge in [0.25, 0.3) is 0 Å². The van der Waals surface area contributed by atoms with E-state index in [1.54, 1.807) is 0 Å². The van der Waals surface area contributed by atoms with Gasteiger partial charge in [-0.1, -0.05) is 56.5 Å². The van der Waals surface area contributed by atoms with Gasteiger partial charge in [-0.3, -0.25) is 9.69 Å². The van der Waals surface area contributed by atoms with Gasteiger partial charge in [-0.15, -0.1) is 0 Å². The van der Waals surface area contributed by atoms with Gasteiger partial charge in [0.15, 0.2) is 0 Å². The Morgan fingerprint density at radius 2 is 1.77 bits per heavy atom. The number of carboxylic acids is 1. The molecule has 0 radical (unpaired) electrons. The van der Waals surface area contributed by atoms with Crippen LogP contribution in [0.3, 0.4) is 0 Å². The highest BCUT2D eigenvalue weighted by Gasteiger charge is 2.43. The number of fused-ring (bicyclic) bond motifs is 3. The molecule has 1 saturated carbocycles. The molecule has 190 valence electrons. The average molecular weight is 498 g/mol. The first kappa shape index (κ1) is 24.9. The van der Waals surface area contributed by atoms with Gasteiger partial charge in [0.1, 0.15) is 5.75 Å². The number of hydrogen-bond donors (Lipinski definition) is 1. The lowest BCUT2D eigenvalue weighted by Crippen LogP contribution is -2.54. The highest BCUT2D eigenvalue weighted by Crippen LogP contribution is 2.44. The summed E-state index contributed by atoms with van der Waals surface area (Å²) in [6.07, 6.45) is 12.3. The molecule has 3 aliphatic rings. The lowest BCUT2D eigenvalue weighted by Gasteiger charge is -2.51. The van der Waals surface area contributed by atoms with Crippen LogP contribution in [-0.4, -0.2) is 34.2 Å². The van der Waals surface area contributed by atoms with Crippen molar-refractivity contribution < 1.29 is 14.6 Å². The lowest BCUT2D eigenvalue weighted by molar-refractivity contribution is -0.147. The quantitative estimate of drug-likeness (QED) is 0.420. The maximum atomic E-state index is 11.7. The Kier molecular flexibility index (Phi) is 7.60. The average Bonchev–Trinajstić information content (AvgIpc) is 2.86. The van der Waals surface area contributed by atoms with E-state index in [1.807, 2.05) is 6.07 Å². The zero-order chi connectivity index (χ0) is 24.5.